The zero-order valence-electron chi connectivity index (χ0n) is 11.4. The van der Waals surface area contributed by atoms with Crippen LogP contribution in [0.15, 0.2) is 30.6 Å². The molecule has 0 aliphatic rings. The lowest BCUT2D eigenvalue weighted by Crippen LogP contribution is -2.07. The molecular weight excluding hydrogens is 258 g/mol. The molecule has 4 heteroatoms. The minimum Gasteiger partial charge on any atom is -0.366 e. The number of halogens is 1. The number of nitrogens with one attached hydrogen (secondary N) is 1. The number of hydrogen-bond acceptors (Lipinski definition) is 3. The van der Waals surface area contributed by atoms with Gasteiger partial charge in [-0.2, -0.15) is 0 Å². The quantitative estimate of drug-likeness (QED) is 0.851. The lowest BCUT2D eigenvalue weighted by molar-refractivity contribution is 0.844. The van der Waals surface area contributed by atoms with Crippen LogP contribution in [-0.4, -0.2) is 9.97 Å². The Kier molecular flexibility index (Phi) is 4.38. The minimum absolute atomic E-state index is 0.285. The van der Waals surface area contributed by atoms with Crippen molar-refractivity contribution in [2.75, 3.05) is 5.32 Å². The fourth-order valence-electron chi connectivity index (χ4n) is 2.01. The number of rotatable bonds is 4. The topological polar surface area (TPSA) is 37.8 Å². The predicted molar refractivity (Wildman–Crippen MR) is 79.6 cm³/mol. The van der Waals surface area contributed by atoms with Crippen molar-refractivity contribution in [3.05, 3.63) is 52.4 Å². The fourth-order valence-corrected chi connectivity index (χ4v) is 2.37. The predicted octanol–water partition coefficient (Wildman–Crippen LogP) is 4.17. The Morgan fingerprint density at radius 1 is 1.21 bits per heavy atom. The second-order valence-electron chi connectivity index (χ2n) is 4.86. The molecule has 2 rings (SSSR count). The van der Waals surface area contributed by atoms with Gasteiger partial charge in [0.1, 0.15) is 17.3 Å². The van der Waals surface area contributed by atoms with Crippen LogP contribution < -0.4 is 5.32 Å². The van der Waals surface area contributed by atoms with Gasteiger partial charge in [-0.1, -0.05) is 49.7 Å². The molecule has 2 aromatic rings. The molecule has 1 aromatic carbocycles. The highest BCUT2D eigenvalue weighted by Gasteiger charge is 2.13. The van der Waals surface area contributed by atoms with Gasteiger partial charge in [-0.25, -0.2) is 9.97 Å². The molecule has 3 nitrogen and oxygen atoms in total. The van der Waals surface area contributed by atoms with Crippen LogP contribution >= 0.6 is 11.6 Å². The average Bonchev–Trinajstić information content (AvgIpc) is 2.37. The molecule has 1 aromatic heterocycles. The van der Waals surface area contributed by atoms with Gasteiger partial charge in [-0.05, 0) is 24.0 Å². The van der Waals surface area contributed by atoms with Crippen molar-refractivity contribution >= 4 is 17.4 Å². The summed E-state index contributed by atoms with van der Waals surface area (Å²) in [6.07, 6.45) is 1.49. The Bertz CT molecular complexity index is 567. The first-order chi connectivity index (χ1) is 9.09. The van der Waals surface area contributed by atoms with Crippen molar-refractivity contribution in [3.63, 3.8) is 0 Å². The summed E-state index contributed by atoms with van der Waals surface area (Å²) in [5.74, 6) is 1.10. The third kappa shape index (κ3) is 3.24. The monoisotopic (exact) mass is 275 g/mol. The molecule has 19 heavy (non-hydrogen) atoms. The van der Waals surface area contributed by atoms with Gasteiger partial charge in [0.05, 0.1) is 0 Å². The van der Waals surface area contributed by atoms with E-state index in [-0.39, 0.29) is 5.92 Å². The summed E-state index contributed by atoms with van der Waals surface area (Å²) in [7, 11) is 0. The summed E-state index contributed by atoms with van der Waals surface area (Å²) >= 11 is 6.15. The minimum atomic E-state index is 0.285. The highest BCUT2D eigenvalue weighted by atomic mass is 35.5. The van der Waals surface area contributed by atoms with Crippen molar-refractivity contribution in [1.82, 2.24) is 9.97 Å². The first-order valence-electron chi connectivity index (χ1n) is 6.38. The van der Waals surface area contributed by atoms with Crippen molar-refractivity contribution in [2.45, 2.75) is 33.2 Å². The van der Waals surface area contributed by atoms with E-state index in [0.717, 1.165) is 17.9 Å². The second-order valence-corrected chi connectivity index (χ2v) is 5.22. The molecule has 0 saturated heterocycles. The van der Waals surface area contributed by atoms with Crippen molar-refractivity contribution in [2.24, 2.45) is 0 Å². The molecule has 0 aliphatic heterocycles. The smallest absolute Gasteiger partial charge is 0.138 e. The van der Waals surface area contributed by atoms with Gasteiger partial charge in [-0.3, -0.25) is 0 Å². The normalized spacial score (nSPS) is 10.8. The molecule has 0 saturated carbocycles. The lowest BCUT2D eigenvalue weighted by Gasteiger charge is -2.15. The zero-order chi connectivity index (χ0) is 13.8. The van der Waals surface area contributed by atoms with E-state index in [1.807, 2.05) is 12.1 Å². The summed E-state index contributed by atoms with van der Waals surface area (Å²) in [5, 5.41) is 3.88. The zero-order valence-corrected chi connectivity index (χ0v) is 12.2. The van der Waals surface area contributed by atoms with Gasteiger partial charge >= 0.3 is 0 Å². The molecule has 0 bridgehead atoms. The average molecular weight is 276 g/mol. The van der Waals surface area contributed by atoms with Crippen LogP contribution in [-0.2, 0) is 6.54 Å². The highest BCUT2D eigenvalue weighted by molar-refractivity contribution is 6.30. The Morgan fingerprint density at radius 3 is 2.63 bits per heavy atom. The third-order valence-corrected chi connectivity index (χ3v) is 3.42. The van der Waals surface area contributed by atoms with Gasteiger partial charge in [0.2, 0.25) is 0 Å². The van der Waals surface area contributed by atoms with Gasteiger partial charge < -0.3 is 5.32 Å². The van der Waals surface area contributed by atoms with Crippen molar-refractivity contribution < 1.29 is 0 Å². The van der Waals surface area contributed by atoms with Crippen LogP contribution in [0.2, 0.25) is 5.15 Å². The van der Waals surface area contributed by atoms with Crippen molar-refractivity contribution in [3.8, 4) is 0 Å². The SMILES string of the molecule is Cc1ccccc1CNc1ncnc(Cl)c1C(C)C. The van der Waals surface area contributed by atoms with E-state index in [0.29, 0.717) is 5.15 Å². The number of aromatic nitrogens is 2. The van der Waals surface area contributed by atoms with Crippen LogP contribution in [0.5, 0.6) is 0 Å². The molecule has 0 spiro atoms. The number of benzene rings is 1. The summed E-state index contributed by atoms with van der Waals surface area (Å²) in [5.41, 5.74) is 3.49. The van der Waals surface area contributed by atoms with Gasteiger partial charge in [-0.15, -0.1) is 0 Å². The number of nitrogens with zero attached hydrogens (tertiary/aromatic N) is 2. The molecule has 0 aliphatic carbocycles. The largest absolute Gasteiger partial charge is 0.366 e. The third-order valence-electron chi connectivity index (χ3n) is 3.12. The van der Waals surface area contributed by atoms with Gasteiger partial charge in [0.25, 0.3) is 0 Å². The van der Waals surface area contributed by atoms with E-state index < -0.39 is 0 Å². The maximum atomic E-state index is 6.15. The van der Waals surface area contributed by atoms with E-state index in [2.05, 4.69) is 48.2 Å². The van der Waals surface area contributed by atoms with E-state index in [1.54, 1.807) is 0 Å². The summed E-state index contributed by atoms with van der Waals surface area (Å²) in [6, 6.07) is 8.30. The maximum absolute atomic E-state index is 6.15. The van der Waals surface area contributed by atoms with Crippen molar-refractivity contribution in [1.29, 1.82) is 0 Å². The molecular formula is C15H18ClN3. The van der Waals surface area contributed by atoms with Crippen LogP contribution in [0.1, 0.15) is 36.5 Å². The Morgan fingerprint density at radius 2 is 1.95 bits per heavy atom. The Labute approximate surface area is 119 Å². The molecule has 0 unspecified atom stereocenters. The second kappa shape index (κ2) is 6.02. The molecule has 100 valence electrons. The number of anilines is 1. The molecule has 0 amide bonds. The molecule has 0 atom stereocenters. The lowest BCUT2D eigenvalue weighted by atomic mass is 10.1. The van der Waals surface area contributed by atoms with Crippen LogP contribution in [0.3, 0.4) is 0 Å². The first-order valence-corrected chi connectivity index (χ1v) is 6.76. The first kappa shape index (κ1) is 13.8. The molecule has 0 radical (unpaired) electrons. The van der Waals surface area contributed by atoms with E-state index in [1.165, 1.54) is 17.5 Å². The standard InChI is InChI=1S/C15H18ClN3/c1-10(2)13-14(16)18-9-19-15(13)17-8-12-7-5-4-6-11(12)3/h4-7,9-10H,8H2,1-3H3,(H,17,18,19). The maximum Gasteiger partial charge on any atom is 0.138 e. The van der Waals surface area contributed by atoms with E-state index in [9.17, 15) is 0 Å². The molecule has 1 N–H and O–H groups in total. The Balaban J connectivity index is 2.21. The fraction of sp³-hybridized carbons (Fsp3) is 0.333. The van der Waals surface area contributed by atoms with Gasteiger partial charge in [0, 0.05) is 12.1 Å². The number of hydrogen-bond donors (Lipinski definition) is 1. The van der Waals surface area contributed by atoms with E-state index in [4.69, 9.17) is 11.6 Å². The highest BCUT2D eigenvalue weighted by Crippen LogP contribution is 2.28. The van der Waals surface area contributed by atoms with Crippen LogP contribution in [0.4, 0.5) is 5.82 Å². The van der Waals surface area contributed by atoms with Crippen LogP contribution in [0.25, 0.3) is 0 Å². The summed E-state index contributed by atoms with van der Waals surface area (Å²) in [4.78, 5) is 8.35. The Hall–Kier alpha value is -1.61. The van der Waals surface area contributed by atoms with Crippen LogP contribution in [0, 0.1) is 6.92 Å². The van der Waals surface area contributed by atoms with E-state index >= 15 is 0 Å². The molecule has 0 fully saturated rings. The summed E-state index contributed by atoms with van der Waals surface area (Å²) < 4.78 is 0. The number of aryl methyl sites for hydroxylation is 1. The summed E-state index contributed by atoms with van der Waals surface area (Å²) in [6.45, 7) is 7.01. The van der Waals surface area contributed by atoms with Gasteiger partial charge in [0.15, 0.2) is 0 Å². The molecule has 1 heterocycles.